The van der Waals surface area contributed by atoms with Gasteiger partial charge in [0.05, 0.1) is 22.5 Å². The number of hydrogen-bond acceptors (Lipinski definition) is 7. The Morgan fingerprint density at radius 2 is 2.09 bits per heavy atom. The van der Waals surface area contributed by atoms with E-state index >= 15 is 0 Å². The first-order chi connectivity index (χ1) is 15.4. The second-order valence-corrected chi connectivity index (χ2v) is 7.82. The van der Waals surface area contributed by atoms with Gasteiger partial charge < -0.3 is 15.2 Å². The lowest BCUT2D eigenvalue weighted by Crippen LogP contribution is -2.13. The summed E-state index contributed by atoms with van der Waals surface area (Å²) in [4.78, 5) is 4.28. The van der Waals surface area contributed by atoms with Crippen molar-refractivity contribution in [2.75, 3.05) is 5.73 Å². The van der Waals surface area contributed by atoms with Crippen molar-refractivity contribution < 1.29 is 9.47 Å². The molecule has 1 atom stereocenters. The van der Waals surface area contributed by atoms with Crippen LogP contribution in [0.15, 0.2) is 36.7 Å². The number of aromatic nitrogens is 5. The monoisotopic (exact) mass is 447 g/mol. The summed E-state index contributed by atoms with van der Waals surface area (Å²) in [5.41, 5.74) is 9.81. The number of nitrogen functional groups attached to an aromatic ring is 1. The van der Waals surface area contributed by atoms with Gasteiger partial charge in [0.25, 0.3) is 0 Å². The number of ether oxygens (including phenoxy) is 2. The van der Waals surface area contributed by atoms with Crippen molar-refractivity contribution in [1.29, 1.82) is 5.26 Å². The maximum Gasteiger partial charge on any atom is 0.249 e. The Labute approximate surface area is 188 Å². The van der Waals surface area contributed by atoms with Gasteiger partial charge in [-0.15, -0.1) is 5.10 Å². The van der Waals surface area contributed by atoms with E-state index < -0.39 is 6.10 Å². The lowest BCUT2D eigenvalue weighted by Gasteiger charge is -2.23. The molecule has 2 N–H and O–H groups in total. The molecule has 1 aliphatic heterocycles. The molecule has 160 valence electrons. The van der Waals surface area contributed by atoms with E-state index in [1.807, 2.05) is 26.0 Å². The van der Waals surface area contributed by atoms with E-state index in [2.05, 4.69) is 21.3 Å². The maximum absolute atomic E-state index is 9.75. The average molecular weight is 448 g/mol. The second-order valence-electron chi connectivity index (χ2n) is 7.44. The minimum absolute atomic E-state index is 0.215. The van der Waals surface area contributed by atoms with Crippen molar-refractivity contribution in [2.45, 2.75) is 20.0 Å². The molecule has 0 unspecified atom stereocenters. The van der Waals surface area contributed by atoms with Crippen LogP contribution in [0.4, 0.5) is 5.82 Å². The SMILES string of the molecule is Cc1ccc2c(c1Cl)[C@@H](C)Oc1cc(cnc1N)-c1c(nn(C)c1C#N)Oc1ccnn1-2. The summed E-state index contributed by atoms with van der Waals surface area (Å²) in [7, 11) is 1.67. The molecule has 0 spiro atoms. The Morgan fingerprint density at radius 1 is 1.28 bits per heavy atom. The molecule has 3 aromatic heterocycles. The third-order valence-electron chi connectivity index (χ3n) is 5.39. The first-order valence-electron chi connectivity index (χ1n) is 9.80. The van der Waals surface area contributed by atoms with E-state index in [4.69, 9.17) is 26.8 Å². The fourth-order valence-corrected chi connectivity index (χ4v) is 4.12. The lowest BCUT2D eigenvalue weighted by atomic mass is 10.0. The Morgan fingerprint density at radius 3 is 2.88 bits per heavy atom. The van der Waals surface area contributed by atoms with E-state index in [-0.39, 0.29) is 11.7 Å². The molecule has 32 heavy (non-hydrogen) atoms. The molecular formula is C22H18ClN7O2. The van der Waals surface area contributed by atoms with Gasteiger partial charge >= 0.3 is 0 Å². The van der Waals surface area contributed by atoms with Crippen LogP contribution in [0.1, 0.15) is 29.8 Å². The van der Waals surface area contributed by atoms with Gasteiger partial charge in [0.2, 0.25) is 11.8 Å². The first-order valence-corrected chi connectivity index (χ1v) is 10.2. The highest BCUT2D eigenvalue weighted by molar-refractivity contribution is 6.32. The minimum Gasteiger partial charge on any atom is -0.482 e. The van der Waals surface area contributed by atoms with Gasteiger partial charge in [0.1, 0.15) is 17.9 Å². The zero-order chi connectivity index (χ0) is 22.6. The van der Waals surface area contributed by atoms with Crippen molar-refractivity contribution in [3.8, 4) is 40.4 Å². The van der Waals surface area contributed by atoms with Crippen LogP contribution < -0.4 is 15.2 Å². The van der Waals surface area contributed by atoms with Gasteiger partial charge in [-0.3, -0.25) is 4.68 Å². The fourth-order valence-electron chi connectivity index (χ4n) is 3.81. The summed E-state index contributed by atoms with van der Waals surface area (Å²) < 4.78 is 15.5. The second kappa shape index (κ2) is 7.28. The molecule has 4 heterocycles. The summed E-state index contributed by atoms with van der Waals surface area (Å²) in [5, 5.41) is 19.2. The molecule has 0 aliphatic carbocycles. The predicted octanol–water partition coefficient (Wildman–Crippen LogP) is 4.33. The third kappa shape index (κ3) is 2.96. The number of fused-ring (bicyclic) bond motifs is 7. The van der Waals surface area contributed by atoms with Crippen LogP contribution in [0.25, 0.3) is 16.8 Å². The predicted molar refractivity (Wildman–Crippen MR) is 118 cm³/mol. The van der Waals surface area contributed by atoms with Gasteiger partial charge in [-0.25, -0.2) is 9.67 Å². The van der Waals surface area contributed by atoms with Crippen LogP contribution in [0.5, 0.6) is 17.5 Å². The smallest absolute Gasteiger partial charge is 0.249 e. The van der Waals surface area contributed by atoms with E-state index in [1.165, 1.54) is 4.68 Å². The highest BCUT2D eigenvalue weighted by Gasteiger charge is 2.27. The van der Waals surface area contributed by atoms with Gasteiger partial charge in [-0.1, -0.05) is 17.7 Å². The Balaban J connectivity index is 1.85. The number of nitrogens with two attached hydrogens (primary N) is 1. The molecule has 0 amide bonds. The molecule has 0 radical (unpaired) electrons. The summed E-state index contributed by atoms with van der Waals surface area (Å²) in [6, 6.07) is 9.43. The highest BCUT2D eigenvalue weighted by Crippen LogP contribution is 2.42. The van der Waals surface area contributed by atoms with Crippen molar-refractivity contribution >= 4 is 17.4 Å². The van der Waals surface area contributed by atoms with E-state index in [0.717, 1.165) is 11.1 Å². The number of hydrogen-bond donors (Lipinski definition) is 1. The standard InChI is InChI=1S/C22H18ClN7O2/c1-11-4-5-14-18(20(11)23)12(2)31-16-8-13(10-26-21(16)25)19-15(9-24)29(3)28-22(19)32-17-6-7-27-30(14)17/h4-8,10,12H,1-3H3,(H2,25,26)/t12-/m1/s1. The van der Waals surface area contributed by atoms with Crippen molar-refractivity contribution in [3.05, 3.63) is 58.5 Å². The highest BCUT2D eigenvalue weighted by atomic mass is 35.5. The van der Waals surface area contributed by atoms with Crippen LogP contribution in [0.3, 0.4) is 0 Å². The van der Waals surface area contributed by atoms with Gasteiger partial charge in [0.15, 0.2) is 11.6 Å². The summed E-state index contributed by atoms with van der Waals surface area (Å²) in [6.45, 7) is 3.80. The minimum atomic E-state index is -0.489. The largest absolute Gasteiger partial charge is 0.482 e. The Bertz CT molecular complexity index is 1420. The molecule has 9 nitrogen and oxygen atoms in total. The first kappa shape index (κ1) is 19.9. The summed E-state index contributed by atoms with van der Waals surface area (Å²) in [5.74, 6) is 1.22. The molecule has 5 rings (SSSR count). The van der Waals surface area contributed by atoms with Crippen LogP contribution >= 0.6 is 11.6 Å². The number of pyridine rings is 1. The van der Waals surface area contributed by atoms with Crippen LogP contribution in [-0.4, -0.2) is 24.5 Å². The number of aryl methyl sites for hydroxylation is 2. The van der Waals surface area contributed by atoms with Crippen molar-refractivity contribution in [2.24, 2.45) is 7.05 Å². The molecule has 10 heteroatoms. The molecule has 2 bridgehead atoms. The molecule has 1 aromatic carbocycles. The normalized spacial score (nSPS) is 14.5. The summed E-state index contributed by atoms with van der Waals surface area (Å²) in [6.07, 6.45) is 2.69. The molecule has 4 aromatic rings. The number of nitrogens with zero attached hydrogens (tertiary/aromatic N) is 6. The number of nitriles is 1. The van der Waals surface area contributed by atoms with Gasteiger partial charge in [-0.05, 0) is 31.5 Å². The number of benzene rings is 1. The van der Waals surface area contributed by atoms with Gasteiger partial charge in [-0.2, -0.15) is 10.4 Å². The van der Waals surface area contributed by atoms with Crippen LogP contribution in [0.2, 0.25) is 5.02 Å². The molecule has 0 saturated carbocycles. The fraction of sp³-hybridized carbons (Fsp3) is 0.182. The molecular weight excluding hydrogens is 430 g/mol. The zero-order valence-electron chi connectivity index (χ0n) is 17.5. The van der Waals surface area contributed by atoms with Gasteiger partial charge in [0, 0.05) is 30.4 Å². The van der Waals surface area contributed by atoms with Crippen molar-refractivity contribution in [3.63, 3.8) is 0 Å². The van der Waals surface area contributed by atoms with E-state index in [0.29, 0.717) is 39.2 Å². The maximum atomic E-state index is 9.75. The van der Waals surface area contributed by atoms with Crippen molar-refractivity contribution in [1.82, 2.24) is 24.5 Å². The van der Waals surface area contributed by atoms with Crippen LogP contribution in [-0.2, 0) is 7.05 Å². The van der Waals surface area contributed by atoms with Crippen LogP contribution in [0, 0.1) is 18.3 Å². The molecule has 0 saturated heterocycles. The zero-order valence-corrected chi connectivity index (χ0v) is 18.3. The quantitative estimate of drug-likeness (QED) is 0.426. The van der Waals surface area contributed by atoms with E-state index in [1.54, 1.807) is 36.3 Å². The Hall–Kier alpha value is -4.03. The lowest BCUT2D eigenvalue weighted by molar-refractivity contribution is 0.227. The topological polar surface area (TPSA) is 117 Å². The molecule has 1 aliphatic rings. The summed E-state index contributed by atoms with van der Waals surface area (Å²) >= 11 is 6.72. The number of halogens is 1. The molecule has 0 fully saturated rings. The number of rotatable bonds is 0. The third-order valence-corrected chi connectivity index (χ3v) is 5.89. The Kier molecular flexibility index (Phi) is 4.53. The number of anilines is 1. The van der Waals surface area contributed by atoms with E-state index in [9.17, 15) is 5.26 Å². The average Bonchev–Trinajstić information content (AvgIpc) is 3.34.